The highest BCUT2D eigenvalue weighted by atomic mass is 16.6. The summed E-state index contributed by atoms with van der Waals surface area (Å²) in [5.41, 5.74) is -0.514. The van der Waals surface area contributed by atoms with Crippen molar-refractivity contribution in [3.8, 4) is 6.01 Å². The molecule has 2 aliphatic heterocycles. The number of hydrogen-bond donors (Lipinski definition) is 2. The van der Waals surface area contributed by atoms with E-state index in [1.165, 1.54) is 4.68 Å². The second-order valence-corrected chi connectivity index (χ2v) is 3.64. The van der Waals surface area contributed by atoms with Gasteiger partial charge in [0.1, 0.15) is 18.4 Å². The second kappa shape index (κ2) is 3.24. The van der Waals surface area contributed by atoms with Gasteiger partial charge >= 0.3 is 6.01 Å². The lowest BCUT2D eigenvalue weighted by Gasteiger charge is -2.13. The lowest BCUT2D eigenvalue weighted by Crippen LogP contribution is -2.34. The van der Waals surface area contributed by atoms with Crippen LogP contribution in [0.5, 0.6) is 6.01 Å². The van der Waals surface area contributed by atoms with Crippen LogP contribution in [0, 0.1) is 0 Å². The third-order valence-electron chi connectivity index (χ3n) is 2.67. The molecule has 1 saturated heterocycles. The van der Waals surface area contributed by atoms with E-state index < -0.39 is 30.1 Å². The fraction of sp³-hybridized carbons (Fsp3) is 0.625. The Labute approximate surface area is 89.1 Å². The summed E-state index contributed by atoms with van der Waals surface area (Å²) in [6, 6.07) is 0.0259. The van der Waals surface area contributed by atoms with E-state index in [9.17, 15) is 9.90 Å². The molecule has 86 valence electrons. The summed E-state index contributed by atoms with van der Waals surface area (Å²) < 4.78 is 11.9. The summed E-state index contributed by atoms with van der Waals surface area (Å²) in [7, 11) is 0. The number of aromatic nitrogens is 3. The first-order valence-electron chi connectivity index (χ1n) is 4.77. The predicted molar refractivity (Wildman–Crippen MR) is 47.7 cm³/mol. The molecule has 1 aromatic heterocycles. The zero-order chi connectivity index (χ0) is 11.3. The van der Waals surface area contributed by atoms with Gasteiger partial charge in [-0.3, -0.25) is 4.79 Å². The molecule has 2 N–H and O–H groups in total. The van der Waals surface area contributed by atoms with Crippen LogP contribution in [0.2, 0.25) is 0 Å². The predicted octanol–water partition coefficient (Wildman–Crippen LogP) is -2.35. The first kappa shape index (κ1) is 9.70. The smallest absolute Gasteiger partial charge is 0.319 e. The van der Waals surface area contributed by atoms with Gasteiger partial charge in [0.05, 0.1) is 6.61 Å². The van der Waals surface area contributed by atoms with Crippen LogP contribution in [0.3, 0.4) is 0 Å². The molecular weight excluding hydrogens is 218 g/mol. The van der Waals surface area contributed by atoms with Gasteiger partial charge in [0.2, 0.25) is 0 Å². The highest BCUT2D eigenvalue weighted by molar-refractivity contribution is 5.06. The van der Waals surface area contributed by atoms with Crippen molar-refractivity contribution in [1.29, 1.82) is 0 Å². The fourth-order valence-electron chi connectivity index (χ4n) is 1.90. The Morgan fingerprint density at radius 3 is 3.12 bits per heavy atom. The number of hydrogen-bond acceptors (Lipinski definition) is 7. The summed E-state index contributed by atoms with van der Waals surface area (Å²) in [6.07, 6.45) is -1.95. The van der Waals surface area contributed by atoms with Gasteiger partial charge in [-0.15, -0.1) is 0 Å². The van der Waals surface area contributed by atoms with E-state index in [4.69, 9.17) is 14.6 Å². The maximum absolute atomic E-state index is 10.9. The van der Waals surface area contributed by atoms with Crippen LogP contribution in [0.1, 0.15) is 6.23 Å². The first-order chi connectivity index (χ1) is 7.70. The average Bonchev–Trinajstić information content (AvgIpc) is 2.75. The van der Waals surface area contributed by atoms with Crippen LogP contribution >= 0.6 is 0 Å². The van der Waals surface area contributed by atoms with Crippen molar-refractivity contribution in [3.63, 3.8) is 0 Å². The summed E-state index contributed by atoms with van der Waals surface area (Å²) in [4.78, 5) is 14.5. The minimum Gasteiger partial charge on any atom is -0.452 e. The van der Waals surface area contributed by atoms with Crippen molar-refractivity contribution in [3.05, 3.63) is 16.6 Å². The molecule has 8 heteroatoms. The zero-order valence-electron chi connectivity index (χ0n) is 8.05. The first-order valence-corrected chi connectivity index (χ1v) is 4.77. The number of nitrogens with zero attached hydrogens (tertiary/aromatic N) is 3. The molecule has 8 nitrogen and oxygen atoms in total. The van der Waals surface area contributed by atoms with Crippen LogP contribution in [-0.2, 0) is 4.74 Å². The van der Waals surface area contributed by atoms with Crippen LogP contribution in [-0.4, -0.2) is 49.9 Å². The van der Waals surface area contributed by atoms with E-state index in [2.05, 4.69) is 10.1 Å². The van der Waals surface area contributed by atoms with Gasteiger partial charge in [-0.1, -0.05) is 0 Å². The highest BCUT2D eigenvalue weighted by Crippen LogP contribution is 2.37. The Kier molecular flexibility index (Phi) is 1.96. The molecule has 16 heavy (non-hydrogen) atoms. The molecule has 4 atom stereocenters. The van der Waals surface area contributed by atoms with E-state index in [-0.39, 0.29) is 12.6 Å². The average molecular weight is 227 g/mol. The summed E-state index contributed by atoms with van der Waals surface area (Å²) in [5.74, 6) is 0. The van der Waals surface area contributed by atoms with Crippen LogP contribution in [0.4, 0.5) is 0 Å². The second-order valence-electron chi connectivity index (χ2n) is 3.64. The van der Waals surface area contributed by atoms with Crippen molar-refractivity contribution in [2.24, 2.45) is 0 Å². The fourth-order valence-corrected chi connectivity index (χ4v) is 1.90. The molecular formula is C8H9N3O5. The third kappa shape index (κ3) is 1.17. The number of fused-ring (bicyclic) bond motifs is 3. The lowest BCUT2D eigenvalue weighted by molar-refractivity contribution is -0.0476. The molecule has 0 amide bonds. The molecule has 0 aliphatic carbocycles. The molecule has 3 heterocycles. The quantitative estimate of drug-likeness (QED) is 0.553. The molecule has 1 fully saturated rings. The number of ether oxygens (including phenoxy) is 2. The Morgan fingerprint density at radius 1 is 1.56 bits per heavy atom. The van der Waals surface area contributed by atoms with E-state index in [0.717, 1.165) is 6.20 Å². The van der Waals surface area contributed by atoms with Gasteiger partial charge in [0.15, 0.2) is 12.3 Å². The number of aliphatic hydroxyl groups is 2. The molecule has 0 saturated carbocycles. The largest absolute Gasteiger partial charge is 0.452 e. The molecule has 0 spiro atoms. The molecule has 0 unspecified atom stereocenters. The van der Waals surface area contributed by atoms with Gasteiger partial charge in [0, 0.05) is 0 Å². The van der Waals surface area contributed by atoms with Crippen LogP contribution in [0.15, 0.2) is 11.0 Å². The van der Waals surface area contributed by atoms with E-state index in [0.29, 0.717) is 0 Å². The SMILES string of the molecule is O=c1cnn2c(n1)O[C@@H]1[C@H](O)[C@H](CO)O[C@@H]12. The van der Waals surface area contributed by atoms with E-state index in [1.54, 1.807) is 0 Å². The maximum Gasteiger partial charge on any atom is 0.319 e. The topological polar surface area (TPSA) is 107 Å². The molecule has 0 aromatic carbocycles. The lowest BCUT2D eigenvalue weighted by atomic mass is 10.1. The van der Waals surface area contributed by atoms with Gasteiger partial charge < -0.3 is 19.7 Å². The van der Waals surface area contributed by atoms with Crippen molar-refractivity contribution in [1.82, 2.24) is 14.8 Å². The van der Waals surface area contributed by atoms with Crippen molar-refractivity contribution < 1.29 is 19.7 Å². The van der Waals surface area contributed by atoms with E-state index in [1.807, 2.05) is 0 Å². The number of aliphatic hydroxyl groups excluding tert-OH is 2. The molecule has 1 aromatic rings. The maximum atomic E-state index is 10.9. The van der Waals surface area contributed by atoms with E-state index >= 15 is 0 Å². The minimum absolute atomic E-state index is 0.0259. The van der Waals surface area contributed by atoms with Crippen LogP contribution < -0.4 is 10.3 Å². The monoisotopic (exact) mass is 227 g/mol. The normalized spacial score (nSPS) is 35.6. The summed E-state index contributed by atoms with van der Waals surface area (Å²) >= 11 is 0. The highest BCUT2D eigenvalue weighted by Gasteiger charge is 2.51. The Hall–Kier alpha value is -1.51. The minimum atomic E-state index is -0.964. The molecule has 3 rings (SSSR count). The van der Waals surface area contributed by atoms with Gasteiger partial charge in [-0.25, -0.2) is 0 Å². The Morgan fingerprint density at radius 2 is 2.38 bits per heavy atom. The third-order valence-corrected chi connectivity index (χ3v) is 2.67. The van der Waals surface area contributed by atoms with Crippen molar-refractivity contribution in [2.45, 2.75) is 24.5 Å². The van der Waals surface area contributed by atoms with Gasteiger partial charge in [-0.2, -0.15) is 14.8 Å². The van der Waals surface area contributed by atoms with Gasteiger partial charge in [-0.05, 0) is 0 Å². The number of rotatable bonds is 1. The standard InChI is InChI=1S/C8H9N3O5/c12-2-3-5(14)6-7(15-3)11-8(16-6)10-4(13)1-9-11/h1,3,5-7,12,14H,2H2/t3-,5+,6+,7-/m0/s1. The molecule has 0 radical (unpaired) electrons. The van der Waals surface area contributed by atoms with Crippen LogP contribution in [0.25, 0.3) is 0 Å². The molecule has 2 aliphatic rings. The zero-order valence-corrected chi connectivity index (χ0v) is 8.05. The summed E-state index contributed by atoms with van der Waals surface area (Å²) in [6.45, 7) is -0.305. The van der Waals surface area contributed by atoms with Crippen molar-refractivity contribution in [2.75, 3.05) is 6.61 Å². The van der Waals surface area contributed by atoms with Gasteiger partial charge in [0.25, 0.3) is 5.56 Å². The molecule has 0 bridgehead atoms. The van der Waals surface area contributed by atoms with Crippen molar-refractivity contribution >= 4 is 0 Å². The Bertz CT molecular complexity index is 475. The Balaban J connectivity index is 1.99. The summed E-state index contributed by atoms with van der Waals surface area (Å²) in [5, 5.41) is 22.5.